The van der Waals surface area contributed by atoms with Crippen LogP contribution in [0.5, 0.6) is 0 Å². The van der Waals surface area contributed by atoms with E-state index in [4.69, 9.17) is 5.11 Å². The van der Waals surface area contributed by atoms with Crippen molar-refractivity contribution in [3.05, 3.63) is 47.8 Å². The Hall–Kier alpha value is -2.23. The first-order valence-electron chi connectivity index (χ1n) is 8.82. The van der Waals surface area contributed by atoms with Crippen LogP contribution in [-0.2, 0) is 17.6 Å². The van der Waals surface area contributed by atoms with Crippen LogP contribution < -0.4 is 0 Å². The molecular weight excluding hydrogens is 300 g/mol. The molecule has 4 nitrogen and oxygen atoms in total. The van der Waals surface area contributed by atoms with Gasteiger partial charge in [-0.25, -0.2) is 9.97 Å². The number of rotatable bonds is 10. The number of unbranched alkanes of at least 4 members (excludes halogenated alkanes) is 4. The van der Waals surface area contributed by atoms with Crippen molar-refractivity contribution in [1.82, 2.24) is 9.97 Å². The molecule has 0 saturated heterocycles. The Bertz CT molecular complexity index is 638. The van der Waals surface area contributed by atoms with E-state index in [9.17, 15) is 4.79 Å². The molecule has 1 aromatic carbocycles. The van der Waals surface area contributed by atoms with Crippen LogP contribution in [0.2, 0.25) is 0 Å². The molecule has 0 fully saturated rings. The van der Waals surface area contributed by atoms with Crippen molar-refractivity contribution in [1.29, 1.82) is 0 Å². The van der Waals surface area contributed by atoms with E-state index >= 15 is 0 Å². The summed E-state index contributed by atoms with van der Waals surface area (Å²) in [5.74, 6) is -0.0279. The number of hydrogen-bond acceptors (Lipinski definition) is 3. The third-order valence-electron chi connectivity index (χ3n) is 4.09. The number of hydrogen-bond donors (Lipinski definition) is 1. The molecule has 0 saturated carbocycles. The average molecular weight is 326 g/mol. The molecular formula is C20H26N2O2. The van der Waals surface area contributed by atoms with E-state index in [0.717, 1.165) is 29.1 Å². The highest BCUT2D eigenvalue weighted by atomic mass is 16.4. The van der Waals surface area contributed by atoms with Crippen LogP contribution in [0.15, 0.2) is 36.5 Å². The van der Waals surface area contributed by atoms with Gasteiger partial charge in [-0.05, 0) is 30.9 Å². The average Bonchev–Trinajstić information content (AvgIpc) is 2.60. The first kappa shape index (κ1) is 18.1. The molecule has 0 aliphatic heterocycles. The van der Waals surface area contributed by atoms with Gasteiger partial charge in [0.15, 0.2) is 5.82 Å². The molecule has 0 radical (unpaired) electrons. The molecule has 0 unspecified atom stereocenters. The summed E-state index contributed by atoms with van der Waals surface area (Å²) in [6.07, 6.45) is 9.82. The summed E-state index contributed by atoms with van der Waals surface area (Å²) in [6, 6.07) is 9.84. The zero-order chi connectivity index (χ0) is 17.2. The van der Waals surface area contributed by atoms with Crippen LogP contribution >= 0.6 is 0 Å². The van der Waals surface area contributed by atoms with E-state index in [0.29, 0.717) is 6.42 Å². The number of aliphatic carboxylic acids is 1. The highest BCUT2D eigenvalue weighted by Gasteiger charge is 2.04. The van der Waals surface area contributed by atoms with E-state index in [-0.39, 0.29) is 6.42 Å². The van der Waals surface area contributed by atoms with Crippen molar-refractivity contribution in [2.24, 2.45) is 0 Å². The van der Waals surface area contributed by atoms with Gasteiger partial charge in [0.1, 0.15) is 0 Å². The number of aryl methyl sites for hydroxylation is 2. The third kappa shape index (κ3) is 6.11. The van der Waals surface area contributed by atoms with Gasteiger partial charge in [0, 0.05) is 23.9 Å². The van der Waals surface area contributed by atoms with Crippen molar-refractivity contribution < 1.29 is 9.90 Å². The highest BCUT2D eigenvalue weighted by molar-refractivity contribution is 5.67. The molecule has 2 aromatic rings. The Kier molecular flexibility index (Phi) is 7.40. The van der Waals surface area contributed by atoms with Gasteiger partial charge < -0.3 is 5.11 Å². The maximum atomic E-state index is 10.6. The van der Waals surface area contributed by atoms with Crippen molar-refractivity contribution in [2.75, 3.05) is 0 Å². The van der Waals surface area contributed by atoms with Crippen molar-refractivity contribution in [3.63, 3.8) is 0 Å². The van der Waals surface area contributed by atoms with E-state index in [1.165, 1.54) is 32.1 Å². The minimum Gasteiger partial charge on any atom is -0.481 e. The van der Waals surface area contributed by atoms with Crippen molar-refractivity contribution >= 4 is 5.97 Å². The summed E-state index contributed by atoms with van der Waals surface area (Å²) in [6.45, 7) is 2.23. The van der Waals surface area contributed by atoms with E-state index < -0.39 is 5.97 Å². The van der Waals surface area contributed by atoms with Crippen LogP contribution in [0, 0.1) is 0 Å². The molecule has 1 heterocycles. The molecule has 128 valence electrons. The van der Waals surface area contributed by atoms with Crippen molar-refractivity contribution in [2.45, 2.75) is 58.3 Å². The first-order valence-corrected chi connectivity index (χ1v) is 8.82. The molecule has 4 heteroatoms. The summed E-state index contributed by atoms with van der Waals surface area (Å²) in [7, 11) is 0. The lowest BCUT2D eigenvalue weighted by molar-refractivity contribution is -0.136. The van der Waals surface area contributed by atoms with Gasteiger partial charge >= 0.3 is 5.97 Å². The standard InChI is InChI=1S/C20H26N2O2/c1-2-3-4-5-6-7-18-14-15-21-20(22-18)17-11-8-16(9-12-17)10-13-19(23)24/h8-9,11-12,14-15H,2-7,10,13H2,1H3,(H,23,24). The lowest BCUT2D eigenvalue weighted by atomic mass is 10.1. The van der Waals surface area contributed by atoms with Crippen LogP contribution in [0.1, 0.15) is 56.7 Å². The molecule has 24 heavy (non-hydrogen) atoms. The van der Waals surface area contributed by atoms with Crippen LogP contribution in [-0.4, -0.2) is 21.0 Å². The molecule has 2 rings (SSSR count). The van der Waals surface area contributed by atoms with Gasteiger partial charge in [-0.15, -0.1) is 0 Å². The number of nitrogens with zero attached hydrogens (tertiary/aromatic N) is 2. The predicted molar refractivity (Wildman–Crippen MR) is 95.9 cm³/mol. The van der Waals surface area contributed by atoms with Crippen molar-refractivity contribution in [3.8, 4) is 11.4 Å². The Morgan fingerprint density at radius 2 is 1.75 bits per heavy atom. The third-order valence-corrected chi connectivity index (χ3v) is 4.09. The van der Waals surface area contributed by atoms with Crippen LogP contribution in [0.4, 0.5) is 0 Å². The monoisotopic (exact) mass is 326 g/mol. The minimum absolute atomic E-state index is 0.156. The fourth-order valence-corrected chi connectivity index (χ4v) is 2.66. The maximum Gasteiger partial charge on any atom is 0.303 e. The Balaban J connectivity index is 1.93. The van der Waals surface area contributed by atoms with Crippen LogP contribution in [0.3, 0.4) is 0 Å². The smallest absolute Gasteiger partial charge is 0.303 e. The fraction of sp³-hybridized carbons (Fsp3) is 0.450. The lowest BCUT2D eigenvalue weighted by Crippen LogP contribution is -1.98. The Morgan fingerprint density at radius 1 is 1.00 bits per heavy atom. The second-order valence-corrected chi connectivity index (χ2v) is 6.13. The number of carbonyl (C=O) groups is 1. The fourth-order valence-electron chi connectivity index (χ4n) is 2.66. The van der Waals surface area contributed by atoms with E-state index in [1.807, 2.05) is 36.5 Å². The van der Waals surface area contributed by atoms with E-state index in [2.05, 4.69) is 16.9 Å². The zero-order valence-corrected chi connectivity index (χ0v) is 14.4. The molecule has 0 amide bonds. The normalized spacial score (nSPS) is 10.7. The molecule has 0 aliphatic rings. The number of benzene rings is 1. The van der Waals surface area contributed by atoms with Gasteiger partial charge in [0.05, 0.1) is 0 Å². The molecule has 1 N–H and O–H groups in total. The summed E-state index contributed by atoms with van der Waals surface area (Å²) >= 11 is 0. The predicted octanol–water partition coefficient (Wildman–Crippen LogP) is 4.67. The highest BCUT2D eigenvalue weighted by Crippen LogP contribution is 2.17. The summed E-state index contributed by atoms with van der Waals surface area (Å²) in [5, 5.41) is 8.74. The first-order chi connectivity index (χ1) is 11.7. The number of aromatic nitrogens is 2. The van der Waals surface area contributed by atoms with Gasteiger partial charge in [-0.2, -0.15) is 0 Å². The van der Waals surface area contributed by atoms with Gasteiger partial charge in [0.2, 0.25) is 0 Å². The van der Waals surface area contributed by atoms with E-state index in [1.54, 1.807) is 0 Å². The zero-order valence-electron chi connectivity index (χ0n) is 14.4. The lowest BCUT2D eigenvalue weighted by Gasteiger charge is -2.05. The number of carboxylic acids is 1. The van der Waals surface area contributed by atoms with Gasteiger partial charge in [-0.3, -0.25) is 4.79 Å². The number of carboxylic acid groups (broad SMARTS) is 1. The van der Waals surface area contributed by atoms with Crippen LogP contribution in [0.25, 0.3) is 11.4 Å². The minimum atomic E-state index is -0.769. The van der Waals surface area contributed by atoms with Gasteiger partial charge in [0.25, 0.3) is 0 Å². The summed E-state index contributed by atoms with van der Waals surface area (Å²) in [5.41, 5.74) is 3.08. The summed E-state index contributed by atoms with van der Waals surface area (Å²) in [4.78, 5) is 19.6. The molecule has 0 aliphatic carbocycles. The molecule has 0 atom stereocenters. The molecule has 1 aromatic heterocycles. The largest absolute Gasteiger partial charge is 0.481 e. The SMILES string of the molecule is CCCCCCCc1ccnc(-c2ccc(CCC(=O)O)cc2)n1. The Morgan fingerprint density at radius 3 is 2.46 bits per heavy atom. The van der Waals surface area contributed by atoms with Gasteiger partial charge in [-0.1, -0.05) is 56.9 Å². The Labute approximate surface area is 144 Å². The quantitative estimate of drug-likeness (QED) is 0.644. The molecule has 0 bridgehead atoms. The second-order valence-electron chi connectivity index (χ2n) is 6.13. The summed E-state index contributed by atoms with van der Waals surface area (Å²) < 4.78 is 0. The second kappa shape index (κ2) is 9.81. The topological polar surface area (TPSA) is 63.1 Å². The molecule has 0 spiro atoms. The maximum absolute atomic E-state index is 10.6.